The molecule has 23 heavy (non-hydrogen) atoms. The van der Waals surface area contributed by atoms with Gasteiger partial charge in [0.2, 0.25) is 0 Å². The Labute approximate surface area is 141 Å². The van der Waals surface area contributed by atoms with E-state index in [9.17, 15) is 8.42 Å². The van der Waals surface area contributed by atoms with Gasteiger partial charge in [0.25, 0.3) is 0 Å². The Morgan fingerprint density at radius 2 is 1.87 bits per heavy atom. The fourth-order valence-corrected chi connectivity index (χ4v) is 4.47. The lowest BCUT2D eigenvalue weighted by molar-refractivity contribution is 0.164. The summed E-state index contributed by atoms with van der Waals surface area (Å²) in [7, 11) is -3.36. The number of rotatable bonds is 4. The lowest BCUT2D eigenvalue weighted by atomic mass is 9.65. The van der Waals surface area contributed by atoms with Gasteiger partial charge in [0.15, 0.2) is 9.84 Å². The van der Waals surface area contributed by atoms with Crippen LogP contribution in [0.4, 0.5) is 0 Å². The van der Waals surface area contributed by atoms with Gasteiger partial charge < -0.3 is 0 Å². The molecule has 0 aliphatic heterocycles. The first-order valence-electron chi connectivity index (χ1n) is 8.26. The number of allylic oxidation sites excluding steroid dienone is 2. The summed E-state index contributed by atoms with van der Waals surface area (Å²) in [5, 5.41) is 1.40. The molecule has 1 aromatic rings. The van der Waals surface area contributed by atoms with Crippen molar-refractivity contribution in [3.63, 3.8) is 0 Å². The SMILES string of the molecule is C=C(C)[C@H]1CC(C)(C)CC[C@@H]1/C=C/S(=O)(=O)c1ccc(C)cc1. The van der Waals surface area contributed by atoms with Crippen LogP contribution in [0.25, 0.3) is 0 Å². The summed E-state index contributed by atoms with van der Waals surface area (Å²) in [5.41, 5.74) is 2.52. The fraction of sp³-hybridized carbons (Fsp3) is 0.500. The highest BCUT2D eigenvalue weighted by Gasteiger charge is 2.34. The number of aryl methyl sites for hydroxylation is 1. The van der Waals surface area contributed by atoms with Gasteiger partial charge in [0.1, 0.15) is 0 Å². The van der Waals surface area contributed by atoms with Crippen molar-refractivity contribution in [2.75, 3.05) is 0 Å². The maximum Gasteiger partial charge on any atom is 0.199 e. The Balaban J connectivity index is 2.20. The second-order valence-electron chi connectivity index (χ2n) is 7.71. The molecule has 0 spiro atoms. The van der Waals surface area contributed by atoms with Crippen molar-refractivity contribution in [3.05, 3.63) is 53.5 Å². The lowest BCUT2D eigenvalue weighted by Gasteiger charge is -2.40. The van der Waals surface area contributed by atoms with Crippen molar-refractivity contribution in [2.24, 2.45) is 17.3 Å². The molecule has 1 saturated carbocycles. The quantitative estimate of drug-likeness (QED) is 0.701. The summed E-state index contributed by atoms with van der Waals surface area (Å²) in [6.07, 6.45) is 5.10. The van der Waals surface area contributed by atoms with E-state index in [0.29, 0.717) is 16.2 Å². The van der Waals surface area contributed by atoms with E-state index < -0.39 is 9.84 Å². The van der Waals surface area contributed by atoms with Gasteiger partial charge in [-0.05, 0) is 62.5 Å². The molecule has 2 atom stereocenters. The Kier molecular flexibility index (Phi) is 5.20. The summed E-state index contributed by atoms with van der Waals surface area (Å²) >= 11 is 0. The summed E-state index contributed by atoms with van der Waals surface area (Å²) in [5.74, 6) is 0.629. The van der Waals surface area contributed by atoms with Gasteiger partial charge in [0, 0.05) is 5.41 Å². The molecule has 0 unspecified atom stereocenters. The van der Waals surface area contributed by atoms with E-state index in [2.05, 4.69) is 27.4 Å². The first-order chi connectivity index (χ1) is 10.6. The molecule has 0 aromatic heterocycles. The molecular formula is C20H28O2S. The molecule has 0 heterocycles. The van der Waals surface area contributed by atoms with Crippen LogP contribution in [0, 0.1) is 24.2 Å². The Hall–Kier alpha value is -1.35. The van der Waals surface area contributed by atoms with Crippen LogP contribution in [-0.2, 0) is 9.84 Å². The first-order valence-corrected chi connectivity index (χ1v) is 9.81. The van der Waals surface area contributed by atoms with Crippen molar-refractivity contribution in [3.8, 4) is 0 Å². The molecular weight excluding hydrogens is 304 g/mol. The van der Waals surface area contributed by atoms with E-state index in [-0.39, 0.29) is 5.92 Å². The van der Waals surface area contributed by atoms with Gasteiger partial charge in [0.05, 0.1) is 4.90 Å². The van der Waals surface area contributed by atoms with Crippen LogP contribution in [0.1, 0.15) is 45.6 Å². The van der Waals surface area contributed by atoms with Crippen LogP contribution in [0.3, 0.4) is 0 Å². The normalized spacial score (nSPS) is 24.7. The topological polar surface area (TPSA) is 34.1 Å². The fourth-order valence-electron chi connectivity index (χ4n) is 3.39. The van der Waals surface area contributed by atoms with Crippen LogP contribution in [-0.4, -0.2) is 8.42 Å². The van der Waals surface area contributed by atoms with Crippen LogP contribution < -0.4 is 0 Å². The summed E-state index contributed by atoms with van der Waals surface area (Å²) in [6.45, 7) is 12.7. The molecule has 3 heteroatoms. The Bertz CT molecular complexity index is 694. The van der Waals surface area contributed by atoms with E-state index >= 15 is 0 Å². The average Bonchev–Trinajstić information content (AvgIpc) is 2.45. The van der Waals surface area contributed by atoms with Gasteiger partial charge in [-0.2, -0.15) is 0 Å². The highest BCUT2D eigenvalue weighted by Crippen LogP contribution is 2.45. The van der Waals surface area contributed by atoms with Gasteiger partial charge in [-0.15, -0.1) is 0 Å². The maximum absolute atomic E-state index is 12.5. The highest BCUT2D eigenvalue weighted by atomic mass is 32.2. The monoisotopic (exact) mass is 332 g/mol. The second-order valence-corrected chi connectivity index (χ2v) is 9.54. The lowest BCUT2D eigenvalue weighted by Crippen LogP contribution is -2.29. The largest absolute Gasteiger partial charge is 0.219 e. The zero-order valence-corrected chi connectivity index (χ0v) is 15.5. The summed E-state index contributed by atoms with van der Waals surface area (Å²) in [6, 6.07) is 7.02. The van der Waals surface area contributed by atoms with Gasteiger partial charge in [-0.25, -0.2) is 8.42 Å². The maximum atomic E-state index is 12.5. The second kappa shape index (κ2) is 6.64. The van der Waals surface area contributed by atoms with Crippen LogP contribution in [0.2, 0.25) is 0 Å². The van der Waals surface area contributed by atoms with Crippen molar-refractivity contribution in [2.45, 2.75) is 51.9 Å². The molecule has 0 amide bonds. The van der Waals surface area contributed by atoms with Gasteiger partial charge in [-0.3, -0.25) is 0 Å². The number of hydrogen-bond acceptors (Lipinski definition) is 2. The van der Waals surface area contributed by atoms with Crippen molar-refractivity contribution in [1.82, 2.24) is 0 Å². The van der Waals surface area contributed by atoms with Crippen molar-refractivity contribution < 1.29 is 8.42 Å². The molecule has 0 bridgehead atoms. The molecule has 1 fully saturated rings. The molecule has 2 nitrogen and oxygen atoms in total. The zero-order valence-electron chi connectivity index (χ0n) is 14.7. The third kappa shape index (κ3) is 4.57. The minimum absolute atomic E-state index is 0.265. The highest BCUT2D eigenvalue weighted by molar-refractivity contribution is 7.94. The molecule has 1 aliphatic carbocycles. The third-order valence-corrected chi connectivity index (χ3v) is 6.38. The van der Waals surface area contributed by atoms with E-state index in [1.54, 1.807) is 12.1 Å². The number of hydrogen-bond donors (Lipinski definition) is 0. The molecule has 1 aliphatic rings. The van der Waals surface area contributed by atoms with Gasteiger partial charge >= 0.3 is 0 Å². The zero-order chi connectivity index (χ0) is 17.3. The number of sulfone groups is 1. The minimum Gasteiger partial charge on any atom is -0.219 e. The molecule has 126 valence electrons. The van der Waals surface area contributed by atoms with E-state index in [1.807, 2.05) is 25.1 Å². The smallest absolute Gasteiger partial charge is 0.199 e. The molecule has 2 rings (SSSR count). The standard InChI is InChI=1S/C20H28O2S/c1-15(2)19-14-20(4,5)12-10-17(19)11-13-23(21,22)18-8-6-16(3)7-9-18/h6-9,11,13,17,19H,1,10,12,14H2,2-5H3/b13-11+/t17-,19-/m1/s1. The molecule has 0 saturated heterocycles. The summed E-state index contributed by atoms with van der Waals surface area (Å²) in [4.78, 5) is 0.363. The van der Waals surface area contributed by atoms with Crippen LogP contribution in [0.15, 0.2) is 52.8 Å². The van der Waals surface area contributed by atoms with Crippen molar-refractivity contribution in [1.29, 1.82) is 0 Å². The molecule has 0 N–H and O–H groups in total. The number of benzene rings is 1. The average molecular weight is 333 g/mol. The van der Waals surface area contributed by atoms with Crippen molar-refractivity contribution >= 4 is 9.84 Å². The van der Waals surface area contributed by atoms with E-state index in [0.717, 1.165) is 30.4 Å². The van der Waals surface area contributed by atoms with Crippen LogP contribution >= 0.6 is 0 Å². The first kappa shape index (κ1) is 18.0. The Morgan fingerprint density at radius 1 is 1.26 bits per heavy atom. The van der Waals surface area contributed by atoms with Gasteiger partial charge in [-0.1, -0.05) is 49.8 Å². The predicted octanol–water partition coefficient (Wildman–Crippen LogP) is 5.30. The minimum atomic E-state index is -3.36. The molecule has 1 aromatic carbocycles. The van der Waals surface area contributed by atoms with E-state index in [4.69, 9.17) is 0 Å². The molecule has 0 radical (unpaired) electrons. The third-order valence-electron chi connectivity index (χ3n) is 4.93. The Morgan fingerprint density at radius 3 is 2.43 bits per heavy atom. The van der Waals surface area contributed by atoms with Crippen LogP contribution in [0.5, 0.6) is 0 Å². The van der Waals surface area contributed by atoms with E-state index in [1.165, 1.54) is 5.41 Å². The summed E-state index contributed by atoms with van der Waals surface area (Å²) < 4.78 is 25.0. The predicted molar refractivity (Wildman–Crippen MR) is 96.9 cm³/mol.